The highest BCUT2D eigenvalue weighted by Crippen LogP contribution is 2.49. The minimum Gasteiger partial charge on any atom is -0.463 e. The third-order valence-electron chi connectivity index (χ3n) is 8.72. The van der Waals surface area contributed by atoms with Crippen molar-refractivity contribution in [2.45, 2.75) is 76.8 Å². The summed E-state index contributed by atoms with van der Waals surface area (Å²) in [7, 11) is 1.75. The Balaban J connectivity index is 1.55. The molecule has 6 nitrogen and oxygen atoms in total. The van der Waals surface area contributed by atoms with E-state index in [1.807, 2.05) is 37.3 Å². The van der Waals surface area contributed by atoms with Gasteiger partial charge in [0.15, 0.2) is 0 Å². The average molecular weight is 499 g/mol. The van der Waals surface area contributed by atoms with Crippen LogP contribution in [0.25, 0.3) is 22.1 Å². The maximum absolute atomic E-state index is 13.8. The Kier molecular flexibility index (Phi) is 6.35. The van der Waals surface area contributed by atoms with Crippen molar-refractivity contribution in [3.05, 3.63) is 69.6 Å². The normalized spacial score (nSPS) is 23.1. The molecule has 194 valence electrons. The Bertz CT molecular complexity index is 1430. The molecule has 2 fully saturated rings. The van der Waals surface area contributed by atoms with Crippen LogP contribution in [-0.2, 0) is 5.41 Å². The van der Waals surface area contributed by atoms with Gasteiger partial charge in [-0.15, -0.1) is 0 Å². The van der Waals surface area contributed by atoms with Gasteiger partial charge in [0, 0.05) is 18.6 Å². The maximum Gasteiger partial charge on any atom is 0.200 e. The van der Waals surface area contributed by atoms with Gasteiger partial charge in [-0.05, 0) is 93.2 Å². The van der Waals surface area contributed by atoms with Gasteiger partial charge >= 0.3 is 0 Å². The van der Waals surface area contributed by atoms with Crippen LogP contribution >= 0.6 is 0 Å². The molecule has 1 heterocycles. The molecule has 0 bridgehead atoms. The van der Waals surface area contributed by atoms with Crippen molar-refractivity contribution in [1.29, 1.82) is 10.8 Å². The molecule has 2 aromatic carbocycles. The molecule has 0 saturated heterocycles. The number of amidine groups is 1. The first-order valence-corrected chi connectivity index (χ1v) is 13.3. The zero-order valence-electron chi connectivity index (χ0n) is 22.6. The number of nitrogens with zero attached hydrogens (tertiary/aromatic N) is 1. The number of rotatable bonds is 7. The van der Waals surface area contributed by atoms with Gasteiger partial charge in [-0.1, -0.05) is 31.2 Å². The van der Waals surface area contributed by atoms with Crippen LogP contribution in [-0.4, -0.2) is 29.7 Å². The van der Waals surface area contributed by atoms with Crippen molar-refractivity contribution >= 4 is 23.1 Å². The molecule has 0 radical (unpaired) electrons. The van der Waals surface area contributed by atoms with E-state index in [1.54, 1.807) is 18.2 Å². The Morgan fingerprint density at radius 3 is 2.59 bits per heavy atom. The van der Waals surface area contributed by atoms with Gasteiger partial charge in [-0.25, -0.2) is 0 Å². The largest absolute Gasteiger partial charge is 0.463 e. The van der Waals surface area contributed by atoms with Gasteiger partial charge in [0.2, 0.25) is 5.43 Å². The summed E-state index contributed by atoms with van der Waals surface area (Å²) < 4.78 is 6.06. The van der Waals surface area contributed by atoms with Crippen LogP contribution in [0.15, 0.2) is 51.9 Å². The number of likely N-dealkylation sites (N-methyl/N-ethyl adjacent to an activating group) is 1. The van der Waals surface area contributed by atoms with Gasteiger partial charge in [-0.2, -0.15) is 0 Å². The van der Waals surface area contributed by atoms with E-state index in [2.05, 4.69) is 32.2 Å². The van der Waals surface area contributed by atoms with Crippen molar-refractivity contribution in [3.63, 3.8) is 0 Å². The van der Waals surface area contributed by atoms with Crippen molar-refractivity contribution in [2.75, 3.05) is 7.05 Å². The summed E-state index contributed by atoms with van der Waals surface area (Å²) in [5.74, 6) is 0.929. The van der Waals surface area contributed by atoms with E-state index in [0.717, 1.165) is 35.1 Å². The fraction of sp³-hybridized carbons (Fsp3) is 0.452. The Labute approximate surface area is 219 Å². The molecule has 3 aromatic rings. The van der Waals surface area contributed by atoms with Crippen molar-refractivity contribution in [1.82, 2.24) is 10.2 Å². The zero-order valence-corrected chi connectivity index (χ0v) is 22.6. The molecule has 2 aliphatic carbocycles. The highest BCUT2D eigenvalue weighted by atomic mass is 16.3. The molecule has 0 aliphatic heterocycles. The van der Waals surface area contributed by atoms with Crippen LogP contribution in [0, 0.1) is 23.7 Å². The summed E-state index contributed by atoms with van der Waals surface area (Å²) >= 11 is 0. The summed E-state index contributed by atoms with van der Waals surface area (Å²) in [5, 5.41) is 20.8. The van der Waals surface area contributed by atoms with E-state index < -0.39 is 5.41 Å². The lowest BCUT2D eigenvalue weighted by molar-refractivity contribution is 0.190. The molecule has 1 atom stereocenters. The van der Waals surface area contributed by atoms with E-state index in [4.69, 9.17) is 15.2 Å². The maximum atomic E-state index is 13.8. The van der Waals surface area contributed by atoms with Crippen molar-refractivity contribution in [3.8, 4) is 11.1 Å². The number of hydrogen-bond donors (Lipinski definition) is 3. The smallest absolute Gasteiger partial charge is 0.200 e. The first-order valence-electron chi connectivity index (χ1n) is 13.3. The van der Waals surface area contributed by atoms with Gasteiger partial charge in [0.1, 0.15) is 17.7 Å². The zero-order chi connectivity index (χ0) is 26.5. The van der Waals surface area contributed by atoms with Gasteiger partial charge in [0.05, 0.1) is 22.7 Å². The number of aryl methyl sites for hydroxylation is 1. The minimum atomic E-state index is -0.443. The molecular formula is C31H38N4O2. The lowest BCUT2D eigenvalue weighted by Crippen LogP contribution is -2.52. The van der Waals surface area contributed by atoms with Gasteiger partial charge in [0.25, 0.3) is 0 Å². The first kappa shape index (κ1) is 25.4. The summed E-state index contributed by atoms with van der Waals surface area (Å²) in [6, 6.07) is 12.2. The molecule has 37 heavy (non-hydrogen) atoms. The van der Waals surface area contributed by atoms with Gasteiger partial charge < -0.3 is 14.6 Å². The average Bonchev–Trinajstić information content (AvgIpc) is 2.85. The minimum absolute atomic E-state index is 0.0341. The summed E-state index contributed by atoms with van der Waals surface area (Å²) in [6.45, 7) is 8.63. The standard InChI is InChI=1S/C31H38N4O2/c1-19-15-31(16-19,29(33)35(5)18-32)24-9-6-8-22(13-24)26-17-37-28-20(2)12-23(14-25(28)27(26)36)21(3)34-30(4)10-7-11-30/h6,8-9,12-14,17-19,21,32-34H,7,10-11,15-16H2,1-5H3. The van der Waals surface area contributed by atoms with Crippen LogP contribution in [0.4, 0.5) is 0 Å². The van der Waals surface area contributed by atoms with Gasteiger partial charge in [-0.3, -0.25) is 15.6 Å². The van der Waals surface area contributed by atoms with E-state index in [9.17, 15) is 4.79 Å². The molecule has 0 amide bonds. The lowest BCUT2D eigenvalue weighted by Gasteiger charge is -2.48. The molecular weight excluding hydrogens is 460 g/mol. The number of fused-ring (bicyclic) bond motifs is 1. The second kappa shape index (κ2) is 9.25. The molecule has 1 unspecified atom stereocenters. The first-order chi connectivity index (χ1) is 17.6. The fourth-order valence-electron chi connectivity index (χ4n) is 6.43. The molecule has 6 heteroatoms. The van der Waals surface area contributed by atoms with Crippen molar-refractivity contribution < 1.29 is 4.42 Å². The topological polar surface area (TPSA) is 93.2 Å². The molecule has 2 aliphatic rings. The molecule has 2 saturated carbocycles. The molecule has 0 spiro atoms. The van der Waals surface area contributed by atoms with E-state index in [1.165, 1.54) is 25.6 Å². The highest BCUT2D eigenvalue weighted by molar-refractivity contribution is 5.98. The predicted molar refractivity (Wildman–Crippen MR) is 151 cm³/mol. The fourth-order valence-corrected chi connectivity index (χ4v) is 6.43. The molecule has 3 N–H and O–H groups in total. The van der Waals surface area contributed by atoms with E-state index in [0.29, 0.717) is 28.3 Å². The monoisotopic (exact) mass is 498 g/mol. The Morgan fingerprint density at radius 2 is 1.97 bits per heavy atom. The highest BCUT2D eigenvalue weighted by Gasteiger charge is 2.48. The molecule has 1 aromatic heterocycles. The van der Waals surface area contributed by atoms with Crippen molar-refractivity contribution in [2.24, 2.45) is 5.92 Å². The van der Waals surface area contributed by atoms with Crippen LogP contribution in [0.1, 0.15) is 75.6 Å². The van der Waals surface area contributed by atoms with Crippen LogP contribution in [0.2, 0.25) is 0 Å². The second-order valence-corrected chi connectivity index (χ2v) is 11.7. The molecule has 5 rings (SSSR count). The summed E-state index contributed by atoms with van der Waals surface area (Å²) in [5.41, 5.74) is 4.73. The van der Waals surface area contributed by atoms with Crippen LogP contribution in [0.5, 0.6) is 0 Å². The third-order valence-corrected chi connectivity index (χ3v) is 8.72. The summed E-state index contributed by atoms with van der Waals surface area (Å²) in [4.78, 5) is 15.4. The quantitative estimate of drug-likeness (QED) is 0.254. The Hall–Kier alpha value is -3.25. The predicted octanol–water partition coefficient (Wildman–Crippen LogP) is 6.55. The third kappa shape index (κ3) is 4.31. The number of benzene rings is 2. The number of hydrogen-bond acceptors (Lipinski definition) is 5. The summed E-state index contributed by atoms with van der Waals surface area (Å²) in [6.07, 6.45) is 8.10. The second-order valence-electron chi connectivity index (χ2n) is 11.7. The SMILES string of the molecule is Cc1cc(C(C)NC2(C)CCC2)cc2c(=O)c(-c3cccc(C4(C(=N)N(C)C=N)CC(C)C4)c3)coc12. The van der Waals surface area contributed by atoms with E-state index >= 15 is 0 Å². The van der Waals surface area contributed by atoms with Crippen LogP contribution in [0.3, 0.4) is 0 Å². The number of nitrogens with one attached hydrogen (secondary N) is 3. The lowest BCUT2D eigenvalue weighted by atomic mass is 9.58. The van der Waals surface area contributed by atoms with Crippen LogP contribution < -0.4 is 10.7 Å². The van der Waals surface area contributed by atoms with E-state index in [-0.39, 0.29) is 17.0 Å². The Morgan fingerprint density at radius 1 is 1.24 bits per heavy atom.